The monoisotopic (exact) mass is 628 g/mol. The van der Waals surface area contributed by atoms with Crippen molar-refractivity contribution in [3.8, 4) is 0 Å². The Morgan fingerprint density at radius 3 is 0.814 bits per heavy atom. The van der Waals surface area contributed by atoms with Crippen LogP contribution in [-0.2, 0) is 31.3 Å². The van der Waals surface area contributed by atoms with E-state index in [4.69, 9.17) is 0 Å². The molecule has 0 radical (unpaired) electrons. The van der Waals surface area contributed by atoms with E-state index in [-0.39, 0.29) is 67.1 Å². The van der Waals surface area contributed by atoms with Gasteiger partial charge in [0.15, 0.2) is 0 Å². The van der Waals surface area contributed by atoms with Crippen LogP contribution < -0.4 is 15.3 Å². The first kappa shape index (κ1) is 31.5. The Kier molecular flexibility index (Phi) is 8.99. The molecule has 0 saturated carbocycles. The van der Waals surface area contributed by atoms with Gasteiger partial charge in [0.05, 0.1) is 51.3 Å². The summed E-state index contributed by atoms with van der Waals surface area (Å²) in [6.07, 6.45) is 0. The second kappa shape index (κ2) is 12.3. The van der Waals surface area contributed by atoms with E-state index < -0.39 is 53.7 Å². The van der Waals surface area contributed by atoms with Crippen molar-refractivity contribution in [3.05, 3.63) is 105 Å². The molecule has 3 heterocycles. The number of hydrogen-bond donors (Lipinski definition) is 0. The van der Waals surface area contributed by atoms with Crippen molar-refractivity contribution >= 4 is 53.7 Å². The SMILES string of the molecule is O=C([O-])c1ccc2c(c1)C(=O)OC2=O.O=C([O-])c1ccc2c(c1)C(=O)OC2=O.O=C([O-])c1ccc2c(c1)C(=O)OC2=O.[Mn+3]. The number of hydrogen-bond acceptors (Lipinski definition) is 15. The number of carbonyl (C=O) groups is 9. The topological polar surface area (TPSA) is 250 Å². The largest absolute Gasteiger partial charge is 3.00 e. The van der Waals surface area contributed by atoms with Crippen LogP contribution in [-0.4, -0.2) is 53.7 Å². The predicted octanol–water partition coefficient (Wildman–Crippen LogP) is -1.92. The number of carboxylic acid groups (broad SMARTS) is 3. The molecule has 0 bridgehead atoms. The zero-order chi connectivity index (χ0) is 30.9. The number of rotatable bonds is 3. The van der Waals surface area contributed by atoms with E-state index in [0.717, 1.165) is 18.2 Å². The number of ether oxygens (including phenoxy) is 3. The van der Waals surface area contributed by atoms with Crippen LogP contribution >= 0.6 is 0 Å². The molecular formula is C27H9MnO15. The molecule has 0 saturated heterocycles. The summed E-state index contributed by atoms with van der Waals surface area (Å²) < 4.78 is 12.8. The molecule has 6 rings (SSSR count). The number of carbonyl (C=O) groups excluding carboxylic acids is 9. The van der Waals surface area contributed by atoms with Crippen LogP contribution in [0.15, 0.2) is 54.6 Å². The number of carboxylic acids is 3. The molecule has 16 heteroatoms. The predicted molar refractivity (Wildman–Crippen MR) is 122 cm³/mol. The maximum atomic E-state index is 11.0. The van der Waals surface area contributed by atoms with Crippen LogP contribution in [0.1, 0.15) is 93.2 Å². The van der Waals surface area contributed by atoms with Crippen molar-refractivity contribution in [2.24, 2.45) is 0 Å². The number of cyclic esters (lactones) is 6. The van der Waals surface area contributed by atoms with Gasteiger partial charge in [0.25, 0.3) is 0 Å². The van der Waals surface area contributed by atoms with Gasteiger partial charge in [-0.05, 0) is 53.1 Å². The van der Waals surface area contributed by atoms with Crippen molar-refractivity contribution in [1.29, 1.82) is 0 Å². The second-order valence-corrected chi connectivity index (χ2v) is 8.17. The third-order valence-electron chi connectivity index (χ3n) is 5.64. The van der Waals surface area contributed by atoms with Gasteiger partial charge in [0.1, 0.15) is 0 Å². The van der Waals surface area contributed by atoms with Gasteiger partial charge in [0.2, 0.25) is 0 Å². The number of benzene rings is 3. The molecule has 3 aliphatic heterocycles. The molecule has 3 aromatic rings. The fourth-order valence-corrected chi connectivity index (χ4v) is 3.64. The van der Waals surface area contributed by atoms with Gasteiger partial charge in [-0.3, -0.25) is 0 Å². The summed E-state index contributed by atoms with van der Waals surface area (Å²) in [5.74, 6) is -8.95. The number of fused-ring (bicyclic) bond motifs is 3. The Balaban J connectivity index is 0.000000175. The molecule has 0 aromatic heterocycles. The van der Waals surface area contributed by atoms with E-state index in [1.165, 1.54) is 36.4 Å². The quantitative estimate of drug-likeness (QED) is 0.133. The number of aromatic carboxylic acids is 3. The Bertz CT molecular complexity index is 1600. The summed E-state index contributed by atoms with van der Waals surface area (Å²) in [6.45, 7) is 0. The summed E-state index contributed by atoms with van der Waals surface area (Å²) in [5.41, 5.74) is -0.314. The van der Waals surface area contributed by atoms with Crippen molar-refractivity contribution in [2.75, 3.05) is 0 Å². The zero-order valence-electron chi connectivity index (χ0n) is 20.7. The van der Waals surface area contributed by atoms with Crippen LogP contribution in [0.5, 0.6) is 0 Å². The van der Waals surface area contributed by atoms with Crippen molar-refractivity contribution in [1.82, 2.24) is 0 Å². The van der Waals surface area contributed by atoms with Gasteiger partial charge < -0.3 is 43.9 Å². The first-order valence-corrected chi connectivity index (χ1v) is 11.1. The van der Waals surface area contributed by atoms with Gasteiger partial charge in [-0.15, -0.1) is 0 Å². The van der Waals surface area contributed by atoms with E-state index in [0.29, 0.717) is 0 Å². The molecule has 3 aromatic carbocycles. The molecule has 0 spiro atoms. The molecule has 43 heavy (non-hydrogen) atoms. The molecule has 0 fully saturated rings. The summed E-state index contributed by atoms with van der Waals surface area (Å²) >= 11 is 0. The molecule has 0 atom stereocenters. The maximum absolute atomic E-state index is 11.0. The van der Waals surface area contributed by atoms with Gasteiger partial charge in [0, 0.05) is 0 Å². The summed E-state index contributed by atoms with van der Waals surface area (Å²) in [5, 5.41) is 31.3. The normalized spacial score (nSPS) is 13.4. The minimum Gasteiger partial charge on any atom is -0.545 e. The molecule has 15 nitrogen and oxygen atoms in total. The van der Waals surface area contributed by atoms with E-state index in [9.17, 15) is 58.5 Å². The van der Waals surface area contributed by atoms with Crippen LogP contribution in [0.25, 0.3) is 0 Å². The minimum absolute atomic E-state index is 0. The summed E-state index contributed by atoms with van der Waals surface area (Å²) in [4.78, 5) is 97.2. The second-order valence-electron chi connectivity index (χ2n) is 8.17. The fraction of sp³-hybridized carbons (Fsp3) is 0. The van der Waals surface area contributed by atoms with Crippen molar-refractivity contribution in [2.45, 2.75) is 0 Å². The molecule has 0 N–H and O–H groups in total. The Labute approximate surface area is 248 Å². The number of esters is 6. The smallest absolute Gasteiger partial charge is 0.545 e. The van der Waals surface area contributed by atoms with Crippen LogP contribution in [0.3, 0.4) is 0 Å². The van der Waals surface area contributed by atoms with Gasteiger partial charge >= 0.3 is 52.9 Å². The van der Waals surface area contributed by atoms with E-state index in [1.54, 1.807) is 0 Å². The molecule has 214 valence electrons. The van der Waals surface area contributed by atoms with Crippen molar-refractivity contribution < 1.29 is 89.7 Å². The summed E-state index contributed by atoms with van der Waals surface area (Å²) in [7, 11) is 0. The molecule has 0 amide bonds. The summed E-state index contributed by atoms with van der Waals surface area (Å²) in [6, 6.07) is 10.5. The fourth-order valence-electron chi connectivity index (χ4n) is 3.64. The van der Waals surface area contributed by atoms with Crippen molar-refractivity contribution in [3.63, 3.8) is 0 Å². The standard InChI is InChI=1S/3C9H4O5.Mn/c3*10-7(11)4-1-2-5-6(3-4)9(13)14-8(5)12;/h3*1-3H,(H,10,11);/q;;;+3/p-3. The van der Waals surface area contributed by atoms with E-state index >= 15 is 0 Å². The van der Waals surface area contributed by atoms with E-state index in [2.05, 4.69) is 14.2 Å². The third kappa shape index (κ3) is 6.35. The molecule has 0 unspecified atom stereocenters. The molecular weight excluding hydrogens is 619 g/mol. The molecule has 3 aliphatic rings. The van der Waals surface area contributed by atoms with Crippen LogP contribution in [0, 0.1) is 0 Å². The zero-order valence-corrected chi connectivity index (χ0v) is 21.9. The minimum atomic E-state index is -1.40. The Hall–Kier alpha value is -5.99. The van der Waals surface area contributed by atoms with E-state index in [1.807, 2.05) is 0 Å². The molecule has 0 aliphatic carbocycles. The average Bonchev–Trinajstić information content (AvgIpc) is 3.52. The average molecular weight is 628 g/mol. The van der Waals surface area contributed by atoms with Gasteiger partial charge in [-0.1, -0.05) is 18.2 Å². The van der Waals surface area contributed by atoms with Gasteiger partial charge in [-0.2, -0.15) is 0 Å². The third-order valence-corrected chi connectivity index (χ3v) is 5.64. The van der Waals surface area contributed by atoms with Crippen LogP contribution in [0.4, 0.5) is 0 Å². The Morgan fingerprint density at radius 2 is 0.605 bits per heavy atom. The van der Waals surface area contributed by atoms with Gasteiger partial charge in [-0.25, -0.2) is 28.8 Å². The van der Waals surface area contributed by atoms with Crippen LogP contribution in [0.2, 0.25) is 0 Å². The maximum Gasteiger partial charge on any atom is 3.00 e. The first-order chi connectivity index (χ1) is 19.8. The Morgan fingerprint density at radius 1 is 0.395 bits per heavy atom. The first-order valence-electron chi connectivity index (χ1n) is 11.1.